The van der Waals surface area contributed by atoms with Gasteiger partial charge in [-0.1, -0.05) is 116 Å². The molecule has 4 heteroatoms. The number of hydrogen-bond donors (Lipinski definition) is 2. The molecule has 46 heavy (non-hydrogen) atoms. The molecule has 1 aliphatic carbocycles. The van der Waals surface area contributed by atoms with Gasteiger partial charge in [0.1, 0.15) is 0 Å². The number of nitrogens with zero attached hydrogens (tertiary/aromatic N) is 2. The minimum atomic E-state index is 0.488. The summed E-state index contributed by atoms with van der Waals surface area (Å²) >= 11 is 0. The lowest BCUT2D eigenvalue weighted by molar-refractivity contribution is 1.09. The predicted molar refractivity (Wildman–Crippen MR) is 193 cm³/mol. The SMILES string of the molecule is C=C/C=C\c1cccc(-c2cc(-c3ccc(C4=CC=CN/C4=C4/C=CC=CC4=N)cc3)cc(-c3cccc4cccnc34)n2)c1C. The van der Waals surface area contributed by atoms with Gasteiger partial charge in [-0.3, -0.25) is 4.98 Å². The van der Waals surface area contributed by atoms with Gasteiger partial charge in [0.2, 0.25) is 0 Å². The summed E-state index contributed by atoms with van der Waals surface area (Å²) in [5, 5.41) is 12.9. The molecule has 1 aliphatic heterocycles. The number of nitrogens with one attached hydrogen (secondary N) is 2. The van der Waals surface area contributed by atoms with Crippen LogP contribution in [0.25, 0.3) is 56.2 Å². The Balaban J connectivity index is 1.36. The molecule has 2 aromatic heterocycles. The van der Waals surface area contributed by atoms with Crippen molar-refractivity contribution < 1.29 is 0 Å². The van der Waals surface area contributed by atoms with Gasteiger partial charge in [-0.15, -0.1) is 0 Å². The van der Waals surface area contributed by atoms with Gasteiger partial charge >= 0.3 is 0 Å². The van der Waals surface area contributed by atoms with E-state index in [0.717, 1.165) is 78.1 Å². The second-order valence-corrected chi connectivity index (χ2v) is 11.2. The lowest BCUT2D eigenvalue weighted by atomic mass is 9.91. The van der Waals surface area contributed by atoms with E-state index in [9.17, 15) is 0 Å². The van der Waals surface area contributed by atoms with E-state index < -0.39 is 0 Å². The first kappa shape index (κ1) is 28.6. The lowest BCUT2D eigenvalue weighted by Gasteiger charge is -2.20. The number of benzene rings is 3. The average molecular weight is 593 g/mol. The summed E-state index contributed by atoms with van der Waals surface area (Å²) in [5.41, 5.74) is 13.6. The molecule has 0 saturated carbocycles. The monoisotopic (exact) mass is 592 g/mol. The van der Waals surface area contributed by atoms with Gasteiger partial charge in [-0.2, -0.15) is 0 Å². The summed E-state index contributed by atoms with van der Waals surface area (Å²) < 4.78 is 0. The van der Waals surface area contributed by atoms with Gasteiger partial charge in [0.15, 0.2) is 0 Å². The molecule has 0 saturated heterocycles. The van der Waals surface area contributed by atoms with Crippen molar-refractivity contribution in [3.63, 3.8) is 0 Å². The van der Waals surface area contributed by atoms with Crippen LogP contribution in [0.5, 0.6) is 0 Å². The van der Waals surface area contributed by atoms with Crippen molar-refractivity contribution in [2.45, 2.75) is 6.92 Å². The van der Waals surface area contributed by atoms with Crippen LogP contribution in [0.3, 0.4) is 0 Å². The molecule has 3 heterocycles. The highest BCUT2D eigenvalue weighted by Crippen LogP contribution is 2.36. The fourth-order valence-electron chi connectivity index (χ4n) is 6.01. The zero-order chi connectivity index (χ0) is 31.5. The van der Waals surface area contributed by atoms with Crippen molar-refractivity contribution in [3.8, 4) is 33.6 Å². The summed E-state index contributed by atoms with van der Waals surface area (Å²) in [6.45, 7) is 5.98. The Morgan fingerprint density at radius 1 is 0.783 bits per heavy atom. The summed E-state index contributed by atoms with van der Waals surface area (Å²) in [5.74, 6) is 0. The molecule has 2 N–H and O–H groups in total. The van der Waals surface area contributed by atoms with Crippen LogP contribution in [0.2, 0.25) is 0 Å². The first-order chi connectivity index (χ1) is 22.6. The summed E-state index contributed by atoms with van der Waals surface area (Å²) in [7, 11) is 0. The number of fused-ring (bicyclic) bond motifs is 1. The first-order valence-electron chi connectivity index (χ1n) is 15.3. The second-order valence-electron chi connectivity index (χ2n) is 11.2. The van der Waals surface area contributed by atoms with Crippen molar-refractivity contribution in [1.29, 1.82) is 5.41 Å². The molecular weight excluding hydrogens is 560 g/mol. The average Bonchev–Trinajstić information content (AvgIpc) is 3.11. The lowest BCUT2D eigenvalue weighted by Crippen LogP contribution is -2.16. The third kappa shape index (κ3) is 5.49. The normalized spacial score (nSPS) is 15.8. The summed E-state index contributed by atoms with van der Waals surface area (Å²) in [4.78, 5) is 9.98. The second kappa shape index (κ2) is 12.5. The van der Waals surface area contributed by atoms with E-state index >= 15 is 0 Å². The van der Waals surface area contributed by atoms with Gasteiger partial charge in [0.25, 0.3) is 0 Å². The van der Waals surface area contributed by atoms with Crippen LogP contribution in [0.15, 0.2) is 164 Å². The van der Waals surface area contributed by atoms with Crippen LogP contribution in [-0.4, -0.2) is 15.7 Å². The number of pyridine rings is 2. The Morgan fingerprint density at radius 3 is 2.35 bits per heavy atom. The molecule has 0 bridgehead atoms. The zero-order valence-electron chi connectivity index (χ0n) is 25.5. The summed E-state index contributed by atoms with van der Waals surface area (Å²) in [6.07, 6.45) is 21.3. The number of dihydropyridines is 1. The maximum Gasteiger partial charge on any atom is 0.0795 e. The molecule has 0 unspecified atom stereocenters. The molecule has 3 aromatic carbocycles. The number of allylic oxidation sites excluding steroid dienone is 10. The van der Waals surface area contributed by atoms with Crippen molar-refractivity contribution in [1.82, 2.24) is 15.3 Å². The van der Waals surface area contributed by atoms with Crippen molar-refractivity contribution >= 4 is 28.3 Å². The van der Waals surface area contributed by atoms with Crippen molar-refractivity contribution in [2.75, 3.05) is 0 Å². The highest BCUT2D eigenvalue weighted by Gasteiger charge is 2.18. The molecule has 0 amide bonds. The Bertz CT molecular complexity index is 2200. The Labute approximate surface area is 269 Å². The maximum atomic E-state index is 8.47. The number of para-hydroxylation sites is 1. The van der Waals surface area contributed by atoms with E-state index in [-0.39, 0.29) is 0 Å². The molecule has 0 atom stereocenters. The van der Waals surface area contributed by atoms with Crippen LogP contribution in [0.4, 0.5) is 0 Å². The molecule has 0 radical (unpaired) electrons. The molecule has 4 nitrogen and oxygen atoms in total. The molecule has 220 valence electrons. The van der Waals surface area contributed by atoms with Crippen LogP contribution in [-0.2, 0) is 0 Å². The Hall–Kier alpha value is -6.13. The van der Waals surface area contributed by atoms with Crippen molar-refractivity contribution in [3.05, 3.63) is 180 Å². The highest BCUT2D eigenvalue weighted by atomic mass is 14.9. The number of rotatable bonds is 6. The highest BCUT2D eigenvalue weighted by molar-refractivity contribution is 6.12. The van der Waals surface area contributed by atoms with Gasteiger partial charge in [-0.05, 0) is 65.1 Å². The smallest absolute Gasteiger partial charge is 0.0795 e. The minimum Gasteiger partial charge on any atom is -0.361 e. The Kier molecular flexibility index (Phi) is 7.76. The Morgan fingerprint density at radius 2 is 1.52 bits per heavy atom. The summed E-state index contributed by atoms with van der Waals surface area (Å²) in [6, 6.07) is 29.6. The van der Waals surface area contributed by atoms with Crippen LogP contribution in [0.1, 0.15) is 16.7 Å². The van der Waals surface area contributed by atoms with Crippen LogP contribution in [0, 0.1) is 12.3 Å². The van der Waals surface area contributed by atoms with E-state index in [1.54, 1.807) is 6.08 Å². The fourth-order valence-corrected chi connectivity index (χ4v) is 6.01. The van der Waals surface area contributed by atoms with Gasteiger partial charge in [-0.25, -0.2) is 4.98 Å². The number of hydrogen-bond acceptors (Lipinski definition) is 4. The predicted octanol–water partition coefficient (Wildman–Crippen LogP) is 10.0. The molecular formula is C42H32N4. The molecule has 0 fully saturated rings. The van der Waals surface area contributed by atoms with E-state index in [4.69, 9.17) is 15.4 Å². The topological polar surface area (TPSA) is 61.7 Å². The van der Waals surface area contributed by atoms with Gasteiger partial charge < -0.3 is 10.7 Å². The van der Waals surface area contributed by atoms with E-state index in [0.29, 0.717) is 5.71 Å². The molecule has 0 spiro atoms. The van der Waals surface area contributed by atoms with Gasteiger partial charge in [0, 0.05) is 40.1 Å². The van der Waals surface area contributed by atoms with E-state index in [1.807, 2.05) is 54.9 Å². The first-order valence-corrected chi connectivity index (χ1v) is 15.3. The van der Waals surface area contributed by atoms with Gasteiger partial charge in [0.05, 0.1) is 28.3 Å². The standard InChI is InChI=1S/C42H32N4/c1-3-4-11-29-12-7-16-34(28(29)2)39-26-33(27-40(46-39)37-17-8-13-32-14-9-24-44-41(32)37)30-20-22-31(23-21-30)35-18-10-25-45-42(35)36-15-5-6-19-38(36)43/h3-27,43,45H,1H2,2H3/b11-4-,42-36-,43-38?. The third-order valence-corrected chi connectivity index (χ3v) is 8.38. The fraction of sp³-hybridized carbons (Fsp3) is 0.0238. The molecule has 5 aromatic rings. The third-order valence-electron chi connectivity index (χ3n) is 8.38. The number of aromatic nitrogens is 2. The zero-order valence-corrected chi connectivity index (χ0v) is 25.5. The van der Waals surface area contributed by atoms with Crippen molar-refractivity contribution in [2.24, 2.45) is 0 Å². The quantitative estimate of drug-likeness (QED) is 0.193. The minimum absolute atomic E-state index is 0.488. The maximum absolute atomic E-state index is 8.47. The van der Waals surface area contributed by atoms with E-state index in [2.05, 4.69) is 110 Å². The molecule has 2 aliphatic rings. The molecule has 7 rings (SSSR count). The largest absolute Gasteiger partial charge is 0.361 e. The van der Waals surface area contributed by atoms with Crippen LogP contribution >= 0.6 is 0 Å². The van der Waals surface area contributed by atoms with Crippen LogP contribution < -0.4 is 5.32 Å². The van der Waals surface area contributed by atoms with E-state index in [1.165, 1.54) is 0 Å².